The number of allylic oxidation sites excluding steroid dienone is 1. The van der Waals surface area contributed by atoms with Crippen LogP contribution >= 0.6 is 0 Å². The Labute approximate surface area is 164 Å². The van der Waals surface area contributed by atoms with Gasteiger partial charge in [0.2, 0.25) is 0 Å². The Morgan fingerprint density at radius 2 is 1.54 bits per heavy atom. The van der Waals surface area contributed by atoms with Crippen LogP contribution < -0.4 is 0 Å². The molecule has 0 aromatic carbocycles. The molecule has 0 heterocycles. The fourth-order valence-electron chi connectivity index (χ4n) is 5.27. The van der Waals surface area contributed by atoms with Gasteiger partial charge in [-0.3, -0.25) is 0 Å². The molecule has 152 valence electrons. The van der Waals surface area contributed by atoms with Crippen molar-refractivity contribution in [2.45, 2.75) is 129 Å². The van der Waals surface area contributed by atoms with E-state index < -0.39 is 0 Å². The highest BCUT2D eigenvalue weighted by atomic mass is 16.5. The molecule has 0 aromatic rings. The van der Waals surface area contributed by atoms with Crippen LogP contribution in [-0.4, -0.2) is 6.10 Å². The third kappa shape index (κ3) is 8.49. The fraction of sp³-hybridized carbons (Fsp3) is 0.920. The Hall–Kier alpha value is -0.460. The maximum atomic E-state index is 6.08. The number of hydrogen-bond acceptors (Lipinski definition) is 1. The quantitative estimate of drug-likeness (QED) is 0.250. The first kappa shape index (κ1) is 21.8. The minimum absolute atomic E-state index is 0.503. The van der Waals surface area contributed by atoms with Crippen molar-refractivity contribution in [2.24, 2.45) is 17.8 Å². The topological polar surface area (TPSA) is 9.23 Å². The molecule has 0 N–H and O–H groups in total. The summed E-state index contributed by atoms with van der Waals surface area (Å²) in [6, 6.07) is 0. The van der Waals surface area contributed by atoms with E-state index in [9.17, 15) is 0 Å². The minimum atomic E-state index is 0.503. The lowest BCUT2D eigenvalue weighted by atomic mass is 9.70. The number of unbranched alkanes of at least 4 members (excludes halogenated alkanes) is 6. The molecule has 0 bridgehead atoms. The van der Waals surface area contributed by atoms with E-state index in [1.807, 2.05) is 6.26 Å². The van der Waals surface area contributed by atoms with Gasteiger partial charge in [0.15, 0.2) is 0 Å². The molecule has 2 rings (SSSR count). The van der Waals surface area contributed by atoms with Gasteiger partial charge in [0.25, 0.3) is 0 Å². The smallest absolute Gasteiger partial charge is 0.0981 e. The number of rotatable bonds is 12. The first-order valence-corrected chi connectivity index (χ1v) is 12.1. The molecule has 0 radical (unpaired) electrons. The van der Waals surface area contributed by atoms with Crippen molar-refractivity contribution in [2.75, 3.05) is 0 Å². The highest BCUT2D eigenvalue weighted by Crippen LogP contribution is 2.41. The third-order valence-corrected chi connectivity index (χ3v) is 7.03. The zero-order valence-electron chi connectivity index (χ0n) is 17.9. The first-order chi connectivity index (χ1) is 12.8. The molecule has 2 atom stereocenters. The van der Waals surface area contributed by atoms with Crippen LogP contribution in [0.3, 0.4) is 0 Å². The molecule has 1 heteroatoms. The van der Waals surface area contributed by atoms with Crippen molar-refractivity contribution < 1.29 is 4.74 Å². The van der Waals surface area contributed by atoms with Gasteiger partial charge in [0.05, 0.1) is 12.4 Å². The van der Waals surface area contributed by atoms with E-state index in [2.05, 4.69) is 19.9 Å². The molecule has 0 aromatic heterocycles. The summed E-state index contributed by atoms with van der Waals surface area (Å²) in [5, 5.41) is 0. The van der Waals surface area contributed by atoms with E-state index in [0.29, 0.717) is 6.10 Å². The third-order valence-electron chi connectivity index (χ3n) is 7.03. The average molecular weight is 363 g/mol. The molecule has 26 heavy (non-hydrogen) atoms. The molecule has 0 spiro atoms. The van der Waals surface area contributed by atoms with Crippen molar-refractivity contribution in [3.05, 3.63) is 12.3 Å². The van der Waals surface area contributed by atoms with E-state index in [1.54, 1.807) is 0 Å². The van der Waals surface area contributed by atoms with Crippen LogP contribution in [0.15, 0.2) is 12.3 Å². The van der Waals surface area contributed by atoms with Crippen LogP contribution in [0, 0.1) is 17.8 Å². The molecule has 0 unspecified atom stereocenters. The lowest BCUT2D eigenvalue weighted by Gasteiger charge is -2.38. The van der Waals surface area contributed by atoms with Gasteiger partial charge < -0.3 is 4.74 Å². The summed E-state index contributed by atoms with van der Waals surface area (Å²) in [6.07, 6.45) is 28.7. The molecule has 0 saturated heterocycles. The molecule has 0 aliphatic heterocycles. The van der Waals surface area contributed by atoms with Crippen molar-refractivity contribution in [3.8, 4) is 0 Å². The molecular formula is C25H46O. The molecule has 2 fully saturated rings. The second-order valence-corrected chi connectivity index (χ2v) is 9.18. The first-order valence-electron chi connectivity index (χ1n) is 12.1. The van der Waals surface area contributed by atoms with Gasteiger partial charge >= 0.3 is 0 Å². The normalized spacial score (nSPS) is 29.9. The molecule has 1 nitrogen and oxygen atoms in total. The Bertz CT molecular complexity index is 353. The molecule has 2 aliphatic carbocycles. The van der Waals surface area contributed by atoms with Gasteiger partial charge in [0, 0.05) is 0 Å². The van der Waals surface area contributed by atoms with E-state index in [-0.39, 0.29) is 0 Å². The van der Waals surface area contributed by atoms with E-state index in [0.717, 1.165) is 17.8 Å². The summed E-state index contributed by atoms with van der Waals surface area (Å²) in [5.74, 6) is 3.00. The second kappa shape index (κ2) is 13.7. The monoisotopic (exact) mass is 362 g/mol. The molecule has 0 amide bonds. The van der Waals surface area contributed by atoms with E-state index >= 15 is 0 Å². The van der Waals surface area contributed by atoms with Crippen molar-refractivity contribution >= 4 is 0 Å². The zero-order chi connectivity index (χ0) is 18.5. The van der Waals surface area contributed by atoms with E-state index in [1.165, 1.54) is 109 Å². The molecular weight excluding hydrogens is 316 g/mol. The van der Waals surface area contributed by atoms with Gasteiger partial charge in [-0.2, -0.15) is 0 Å². The predicted molar refractivity (Wildman–Crippen MR) is 114 cm³/mol. The van der Waals surface area contributed by atoms with Crippen LogP contribution in [0.4, 0.5) is 0 Å². The van der Waals surface area contributed by atoms with Crippen molar-refractivity contribution in [3.63, 3.8) is 0 Å². The largest absolute Gasteiger partial charge is 0.498 e. The van der Waals surface area contributed by atoms with Crippen LogP contribution in [-0.2, 0) is 4.74 Å². The summed E-state index contributed by atoms with van der Waals surface area (Å²) in [5.41, 5.74) is 0. The molecule has 2 saturated carbocycles. The Kier molecular flexibility index (Phi) is 11.5. The van der Waals surface area contributed by atoms with Gasteiger partial charge in [-0.05, 0) is 75.2 Å². The summed E-state index contributed by atoms with van der Waals surface area (Å²) >= 11 is 0. The highest BCUT2D eigenvalue weighted by molar-refractivity contribution is 4.84. The second-order valence-electron chi connectivity index (χ2n) is 9.18. The maximum absolute atomic E-state index is 6.08. The number of ether oxygens (including phenoxy) is 1. The van der Waals surface area contributed by atoms with Crippen molar-refractivity contribution in [1.82, 2.24) is 0 Å². The van der Waals surface area contributed by atoms with Gasteiger partial charge in [-0.25, -0.2) is 0 Å². The van der Waals surface area contributed by atoms with Crippen molar-refractivity contribution in [1.29, 1.82) is 0 Å². The van der Waals surface area contributed by atoms with Gasteiger partial charge in [0.1, 0.15) is 0 Å². The minimum Gasteiger partial charge on any atom is -0.498 e. The Morgan fingerprint density at radius 1 is 0.769 bits per heavy atom. The lowest BCUT2D eigenvalue weighted by Crippen LogP contribution is -2.29. The maximum Gasteiger partial charge on any atom is 0.0981 e. The SMILES string of the molecule is CCCC/C=C/O[C@@H]1CCC[C@@H](C2CCC(CCCCCCC)CC2)C1. The summed E-state index contributed by atoms with van der Waals surface area (Å²) < 4.78 is 6.08. The van der Waals surface area contributed by atoms with Gasteiger partial charge in [-0.1, -0.05) is 71.6 Å². The van der Waals surface area contributed by atoms with Crippen LogP contribution in [0.1, 0.15) is 123 Å². The Balaban J connectivity index is 1.60. The zero-order valence-corrected chi connectivity index (χ0v) is 17.9. The lowest BCUT2D eigenvalue weighted by molar-refractivity contribution is 0.0509. The number of hydrogen-bond donors (Lipinski definition) is 0. The highest BCUT2D eigenvalue weighted by Gasteiger charge is 2.31. The summed E-state index contributed by atoms with van der Waals surface area (Å²) in [6.45, 7) is 4.56. The van der Waals surface area contributed by atoms with Crippen LogP contribution in [0.25, 0.3) is 0 Å². The predicted octanol–water partition coefficient (Wildman–Crippen LogP) is 8.43. The van der Waals surface area contributed by atoms with Crippen LogP contribution in [0.2, 0.25) is 0 Å². The van der Waals surface area contributed by atoms with Crippen LogP contribution in [0.5, 0.6) is 0 Å². The standard InChI is InChI=1S/C25H46O/c1-3-5-7-9-10-13-22-16-18-23(19-17-22)24-14-12-15-25(21-24)26-20-11-8-6-4-2/h11,20,22-25H,3-10,12-19,21H2,1-2H3/b20-11+/t22?,23?,24-,25-/m1/s1. The van der Waals surface area contributed by atoms with E-state index in [4.69, 9.17) is 4.74 Å². The Morgan fingerprint density at radius 3 is 2.31 bits per heavy atom. The van der Waals surface area contributed by atoms with Gasteiger partial charge in [-0.15, -0.1) is 0 Å². The summed E-state index contributed by atoms with van der Waals surface area (Å²) in [7, 11) is 0. The summed E-state index contributed by atoms with van der Waals surface area (Å²) in [4.78, 5) is 0. The fourth-order valence-corrected chi connectivity index (χ4v) is 5.27. The molecule has 2 aliphatic rings. The average Bonchev–Trinajstić information content (AvgIpc) is 2.68.